The van der Waals surface area contributed by atoms with Crippen LogP contribution in [0.3, 0.4) is 0 Å². The Balaban J connectivity index is 2.27. The highest BCUT2D eigenvalue weighted by Crippen LogP contribution is 2.07. The van der Waals surface area contributed by atoms with Gasteiger partial charge in [0.25, 0.3) is 0 Å². The second-order valence-electron chi connectivity index (χ2n) is 3.77. The minimum absolute atomic E-state index is 0.730. The third-order valence-corrected chi connectivity index (χ3v) is 2.94. The molecular weight excluding hydrogens is 160 g/mol. The van der Waals surface area contributed by atoms with Gasteiger partial charge in [-0.1, -0.05) is 12.8 Å². The molecule has 1 saturated heterocycles. The number of piperazine rings is 1. The Morgan fingerprint density at radius 2 is 1.92 bits per heavy atom. The molecule has 1 heterocycles. The lowest BCUT2D eigenvalue weighted by atomic mass is 10.2. The number of hydrogen-bond acceptors (Lipinski definition) is 2. The molecule has 1 unspecified atom stereocenters. The molecule has 1 rings (SSSR count). The quantitative estimate of drug-likeness (QED) is 0.599. The largest absolute Gasteiger partial charge is 0.298 e. The monoisotopic (exact) mass is 180 g/mol. The molecule has 0 N–H and O–H groups in total. The molecule has 0 saturated carbocycles. The first-order valence-electron chi connectivity index (χ1n) is 5.17. The maximum absolute atomic E-state index is 5.27. The Kier molecular flexibility index (Phi) is 4.27. The highest BCUT2D eigenvalue weighted by atomic mass is 15.3. The molecule has 2 heteroatoms. The van der Waals surface area contributed by atoms with E-state index in [0.717, 1.165) is 25.7 Å². The van der Waals surface area contributed by atoms with E-state index >= 15 is 0 Å². The number of nitrogens with zero attached hydrogens (tertiary/aromatic N) is 2. The first kappa shape index (κ1) is 10.6. The fourth-order valence-corrected chi connectivity index (χ4v) is 1.75. The van der Waals surface area contributed by atoms with Gasteiger partial charge >= 0.3 is 0 Å². The Morgan fingerprint density at radius 3 is 2.38 bits per heavy atom. The van der Waals surface area contributed by atoms with E-state index in [4.69, 9.17) is 6.42 Å². The molecule has 13 heavy (non-hydrogen) atoms. The molecule has 0 aliphatic carbocycles. The Labute approximate surface area is 81.9 Å². The first-order valence-corrected chi connectivity index (χ1v) is 5.17. The smallest absolute Gasteiger partial charge is 0.0599 e. The van der Waals surface area contributed by atoms with Gasteiger partial charge in [-0.3, -0.25) is 9.80 Å². The van der Waals surface area contributed by atoms with Gasteiger partial charge in [0.15, 0.2) is 0 Å². The van der Waals surface area contributed by atoms with Gasteiger partial charge in [0.05, 0.1) is 6.54 Å². The highest BCUT2D eigenvalue weighted by molar-refractivity contribution is 4.90. The lowest BCUT2D eigenvalue weighted by molar-refractivity contribution is 0.109. The summed E-state index contributed by atoms with van der Waals surface area (Å²) >= 11 is 0. The summed E-state index contributed by atoms with van der Waals surface area (Å²) < 4.78 is 0. The van der Waals surface area contributed by atoms with Crippen molar-refractivity contribution in [3.63, 3.8) is 0 Å². The van der Waals surface area contributed by atoms with Crippen molar-refractivity contribution in [1.29, 1.82) is 0 Å². The van der Waals surface area contributed by atoms with E-state index in [9.17, 15) is 0 Å². The minimum atomic E-state index is 0.730. The van der Waals surface area contributed by atoms with Crippen molar-refractivity contribution in [2.24, 2.45) is 0 Å². The van der Waals surface area contributed by atoms with E-state index in [-0.39, 0.29) is 0 Å². The van der Waals surface area contributed by atoms with Crippen LogP contribution in [0.25, 0.3) is 0 Å². The van der Waals surface area contributed by atoms with Crippen LogP contribution < -0.4 is 0 Å². The molecular formula is C11H20N2. The minimum Gasteiger partial charge on any atom is -0.298 e. The van der Waals surface area contributed by atoms with Gasteiger partial charge < -0.3 is 0 Å². The van der Waals surface area contributed by atoms with E-state index in [2.05, 4.69) is 29.6 Å². The number of hydrogen-bond donors (Lipinski definition) is 0. The van der Waals surface area contributed by atoms with Crippen molar-refractivity contribution in [2.75, 3.05) is 32.7 Å². The molecule has 0 spiro atoms. The first-order chi connectivity index (χ1) is 6.27. The maximum atomic E-state index is 5.27. The Morgan fingerprint density at radius 1 is 1.31 bits per heavy atom. The molecule has 0 aromatic carbocycles. The number of terminal acetylenes is 1. The summed E-state index contributed by atoms with van der Waals surface area (Å²) in [7, 11) is 0. The third-order valence-electron chi connectivity index (χ3n) is 2.94. The van der Waals surface area contributed by atoms with Crippen molar-refractivity contribution in [3.05, 3.63) is 0 Å². The topological polar surface area (TPSA) is 6.48 Å². The molecule has 0 aromatic heterocycles. The van der Waals surface area contributed by atoms with Gasteiger partial charge in [0.1, 0.15) is 0 Å². The third kappa shape index (κ3) is 3.02. The molecule has 0 bridgehead atoms. The molecule has 1 aliphatic heterocycles. The lowest BCUT2D eigenvalue weighted by Gasteiger charge is -2.37. The highest BCUT2D eigenvalue weighted by Gasteiger charge is 2.18. The zero-order valence-electron chi connectivity index (χ0n) is 8.79. The van der Waals surface area contributed by atoms with Crippen molar-refractivity contribution in [3.8, 4) is 12.3 Å². The summed E-state index contributed by atoms with van der Waals surface area (Å²) in [5.41, 5.74) is 0. The average molecular weight is 180 g/mol. The Hall–Kier alpha value is -0.520. The summed E-state index contributed by atoms with van der Waals surface area (Å²) in [6, 6.07) is 0.730. The van der Waals surface area contributed by atoms with E-state index < -0.39 is 0 Å². The lowest BCUT2D eigenvalue weighted by Crippen LogP contribution is -2.49. The summed E-state index contributed by atoms with van der Waals surface area (Å²) in [5.74, 6) is 2.70. The second-order valence-corrected chi connectivity index (χ2v) is 3.77. The van der Waals surface area contributed by atoms with Crippen LogP contribution in [0.1, 0.15) is 20.3 Å². The van der Waals surface area contributed by atoms with Crippen LogP contribution in [0.2, 0.25) is 0 Å². The second kappa shape index (κ2) is 5.26. The summed E-state index contributed by atoms with van der Waals surface area (Å²) in [6.45, 7) is 9.99. The average Bonchev–Trinajstić information content (AvgIpc) is 2.18. The molecule has 1 aliphatic rings. The fourth-order valence-electron chi connectivity index (χ4n) is 1.75. The van der Waals surface area contributed by atoms with Crippen LogP contribution in [0.4, 0.5) is 0 Å². The van der Waals surface area contributed by atoms with Crippen LogP contribution in [0.5, 0.6) is 0 Å². The van der Waals surface area contributed by atoms with Crippen molar-refractivity contribution in [2.45, 2.75) is 26.3 Å². The standard InChI is InChI=1S/C11H20N2/c1-4-6-12-7-9-13(10-8-12)11(3)5-2/h1,11H,5-10H2,2-3H3. The van der Waals surface area contributed by atoms with E-state index in [1.165, 1.54) is 19.5 Å². The van der Waals surface area contributed by atoms with Gasteiger partial charge in [-0.2, -0.15) is 0 Å². The molecule has 1 fully saturated rings. The van der Waals surface area contributed by atoms with Gasteiger partial charge in [-0.15, -0.1) is 6.42 Å². The Bertz CT molecular complexity index is 175. The van der Waals surface area contributed by atoms with E-state index in [1.54, 1.807) is 0 Å². The van der Waals surface area contributed by atoms with Gasteiger partial charge in [0, 0.05) is 32.2 Å². The zero-order chi connectivity index (χ0) is 9.68. The van der Waals surface area contributed by atoms with Crippen molar-refractivity contribution < 1.29 is 0 Å². The van der Waals surface area contributed by atoms with Crippen LogP contribution in [-0.2, 0) is 0 Å². The molecule has 0 radical (unpaired) electrons. The van der Waals surface area contributed by atoms with Crippen LogP contribution >= 0.6 is 0 Å². The summed E-state index contributed by atoms with van der Waals surface area (Å²) in [6.07, 6.45) is 6.52. The van der Waals surface area contributed by atoms with Gasteiger partial charge in [-0.25, -0.2) is 0 Å². The normalized spacial score (nSPS) is 22.5. The number of rotatable bonds is 3. The molecule has 0 aromatic rings. The van der Waals surface area contributed by atoms with Gasteiger partial charge in [0.2, 0.25) is 0 Å². The van der Waals surface area contributed by atoms with E-state index in [0.29, 0.717) is 0 Å². The summed E-state index contributed by atoms with van der Waals surface area (Å²) in [5, 5.41) is 0. The van der Waals surface area contributed by atoms with Crippen molar-refractivity contribution >= 4 is 0 Å². The molecule has 2 nitrogen and oxygen atoms in total. The fraction of sp³-hybridized carbons (Fsp3) is 0.818. The predicted molar refractivity (Wildman–Crippen MR) is 56.6 cm³/mol. The predicted octanol–water partition coefficient (Wildman–Crippen LogP) is 1.04. The maximum Gasteiger partial charge on any atom is 0.0599 e. The van der Waals surface area contributed by atoms with Crippen molar-refractivity contribution in [1.82, 2.24) is 9.80 Å². The molecule has 0 amide bonds. The molecule has 1 atom stereocenters. The summed E-state index contributed by atoms with van der Waals surface area (Å²) in [4.78, 5) is 4.89. The van der Waals surface area contributed by atoms with Crippen LogP contribution in [-0.4, -0.2) is 48.6 Å². The SMILES string of the molecule is C#CCN1CCN(C(C)CC)CC1. The molecule has 74 valence electrons. The van der Waals surface area contributed by atoms with Gasteiger partial charge in [-0.05, 0) is 13.3 Å². The van der Waals surface area contributed by atoms with Crippen LogP contribution in [0, 0.1) is 12.3 Å². The van der Waals surface area contributed by atoms with E-state index in [1.807, 2.05) is 0 Å². The zero-order valence-corrected chi connectivity index (χ0v) is 8.79. The van der Waals surface area contributed by atoms with Crippen LogP contribution in [0.15, 0.2) is 0 Å².